The summed E-state index contributed by atoms with van der Waals surface area (Å²) in [7, 11) is 0. The number of hydrogen-bond donors (Lipinski definition) is 3. The van der Waals surface area contributed by atoms with Crippen molar-refractivity contribution in [2.75, 3.05) is 5.32 Å². The molecule has 0 fully saturated rings. The zero-order valence-electron chi connectivity index (χ0n) is 17.3. The summed E-state index contributed by atoms with van der Waals surface area (Å²) in [6.07, 6.45) is -5.76. The SMILES string of the molecule is CC1(C)CCC(O)(C(F)(F)F)C(Nc2cccc3[nH]c(=O)ccc23)c2ccc(Cl)c(F)c21. The van der Waals surface area contributed by atoms with Crippen molar-refractivity contribution in [2.24, 2.45) is 0 Å². The van der Waals surface area contributed by atoms with Crippen LogP contribution in [0.2, 0.25) is 5.02 Å². The molecule has 3 N–H and O–H groups in total. The molecule has 4 nitrogen and oxygen atoms in total. The summed E-state index contributed by atoms with van der Waals surface area (Å²) in [5.41, 5.74) is -3.86. The molecular weight excluding hydrogens is 448 g/mol. The molecule has 0 radical (unpaired) electrons. The van der Waals surface area contributed by atoms with Crippen LogP contribution in [0.25, 0.3) is 10.9 Å². The lowest BCUT2D eigenvalue weighted by Gasteiger charge is -2.38. The number of nitrogens with one attached hydrogen (secondary N) is 2. The Hall–Kier alpha value is -2.58. The Labute approximate surface area is 186 Å². The van der Waals surface area contributed by atoms with Crippen LogP contribution in [-0.2, 0) is 5.41 Å². The van der Waals surface area contributed by atoms with Crippen LogP contribution in [0.1, 0.15) is 43.9 Å². The summed E-state index contributed by atoms with van der Waals surface area (Å²) in [6, 6.07) is 8.26. The maximum atomic E-state index is 15.2. The number of anilines is 1. The molecule has 0 saturated heterocycles. The molecule has 4 rings (SSSR count). The summed E-state index contributed by atoms with van der Waals surface area (Å²) in [5.74, 6) is -0.797. The van der Waals surface area contributed by atoms with Crippen LogP contribution in [-0.4, -0.2) is 21.9 Å². The van der Waals surface area contributed by atoms with E-state index < -0.39 is 35.5 Å². The largest absolute Gasteiger partial charge is 0.419 e. The van der Waals surface area contributed by atoms with Crippen molar-refractivity contribution in [1.29, 1.82) is 0 Å². The van der Waals surface area contributed by atoms with Crippen molar-refractivity contribution in [3.8, 4) is 0 Å². The number of halogens is 5. The molecule has 1 aliphatic rings. The van der Waals surface area contributed by atoms with Crippen molar-refractivity contribution in [3.63, 3.8) is 0 Å². The number of hydrogen-bond acceptors (Lipinski definition) is 3. The van der Waals surface area contributed by atoms with Crippen molar-refractivity contribution in [3.05, 3.63) is 74.8 Å². The van der Waals surface area contributed by atoms with Gasteiger partial charge in [-0.3, -0.25) is 4.79 Å². The smallest absolute Gasteiger partial charge is 0.379 e. The fraction of sp³-hybridized carbons (Fsp3) is 0.348. The molecule has 0 aliphatic heterocycles. The minimum atomic E-state index is -5.00. The molecule has 32 heavy (non-hydrogen) atoms. The molecule has 0 bridgehead atoms. The molecule has 2 unspecified atom stereocenters. The van der Waals surface area contributed by atoms with E-state index in [2.05, 4.69) is 10.3 Å². The van der Waals surface area contributed by atoms with Crippen LogP contribution in [0.5, 0.6) is 0 Å². The minimum Gasteiger partial charge on any atom is -0.379 e. The van der Waals surface area contributed by atoms with Gasteiger partial charge >= 0.3 is 6.18 Å². The molecular formula is C23H21ClF4N2O2. The number of aromatic nitrogens is 1. The maximum absolute atomic E-state index is 15.2. The van der Waals surface area contributed by atoms with Crippen molar-refractivity contribution in [1.82, 2.24) is 4.98 Å². The number of fused-ring (bicyclic) bond motifs is 2. The van der Waals surface area contributed by atoms with Crippen molar-refractivity contribution >= 4 is 28.2 Å². The monoisotopic (exact) mass is 468 g/mol. The topological polar surface area (TPSA) is 65.1 Å². The zero-order chi connectivity index (χ0) is 23.5. The van der Waals surface area contributed by atoms with Crippen LogP contribution in [0.4, 0.5) is 23.2 Å². The summed E-state index contributed by atoms with van der Waals surface area (Å²) in [6.45, 7) is 3.26. The Bertz CT molecular complexity index is 1250. The number of pyridine rings is 1. The van der Waals surface area contributed by atoms with Gasteiger partial charge in [0.25, 0.3) is 0 Å². The van der Waals surface area contributed by atoms with E-state index in [0.717, 1.165) is 0 Å². The molecule has 2 aromatic carbocycles. The van der Waals surface area contributed by atoms with Crippen LogP contribution < -0.4 is 10.9 Å². The highest BCUT2D eigenvalue weighted by molar-refractivity contribution is 6.30. The molecule has 0 spiro atoms. The Kier molecular flexibility index (Phi) is 5.29. The predicted molar refractivity (Wildman–Crippen MR) is 116 cm³/mol. The van der Waals surface area contributed by atoms with E-state index in [0.29, 0.717) is 10.9 Å². The van der Waals surface area contributed by atoms with E-state index in [-0.39, 0.29) is 33.8 Å². The molecule has 3 aromatic rings. The van der Waals surface area contributed by atoms with Gasteiger partial charge in [-0.2, -0.15) is 13.2 Å². The van der Waals surface area contributed by atoms with Gasteiger partial charge in [-0.1, -0.05) is 37.6 Å². The maximum Gasteiger partial charge on any atom is 0.419 e. The number of aromatic amines is 1. The van der Waals surface area contributed by atoms with Crippen LogP contribution >= 0.6 is 11.6 Å². The third-order valence-corrected chi connectivity index (χ3v) is 6.57. The Morgan fingerprint density at radius 2 is 1.84 bits per heavy atom. The average Bonchev–Trinajstić information content (AvgIpc) is 2.79. The lowest BCUT2D eigenvalue weighted by atomic mass is 9.79. The third kappa shape index (κ3) is 3.55. The molecule has 1 aromatic heterocycles. The summed E-state index contributed by atoms with van der Waals surface area (Å²) in [4.78, 5) is 14.3. The van der Waals surface area contributed by atoms with Gasteiger partial charge in [0.15, 0.2) is 5.60 Å². The molecule has 1 heterocycles. The number of rotatable bonds is 2. The second kappa shape index (κ2) is 7.49. The second-order valence-electron chi connectivity index (χ2n) is 8.80. The van der Waals surface area contributed by atoms with E-state index >= 15 is 4.39 Å². The highest BCUT2D eigenvalue weighted by atomic mass is 35.5. The Balaban J connectivity index is 1.98. The fourth-order valence-corrected chi connectivity index (χ4v) is 4.65. The van der Waals surface area contributed by atoms with Gasteiger partial charge in [0.1, 0.15) is 5.82 Å². The number of H-pyrrole nitrogens is 1. The molecule has 9 heteroatoms. The minimum absolute atomic E-state index is 0.0179. The first-order valence-electron chi connectivity index (χ1n) is 10.0. The van der Waals surface area contributed by atoms with Crippen LogP contribution in [0.15, 0.2) is 47.3 Å². The first-order valence-corrected chi connectivity index (χ1v) is 10.4. The Morgan fingerprint density at radius 1 is 1.12 bits per heavy atom. The van der Waals surface area contributed by atoms with E-state index in [9.17, 15) is 23.1 Å². The molecule has 0 amide bonds. The highest BCUT2D eigenvalue weighted by Gasteiger charge is 2.61. The zero-order valence-corrected chi connectivity index (χ0v) is 18.0. The normalized spacial score (nSPS) is 22.9. The number of benzene rings is 2. The first kappa shape index (κ1) is 22.6. The van der Waals surface area contributed by atoms with Crippen LogP contribution in [0, 0.1) is 5.82 Å². The van der Waals surface area contributed by atoms with E-state index in [1.807, 2.05) is 0 Å². The second-order valence-corrected chi connectivity index (χ2v) is 9.21. The van der Waals surface area contributed by atoms with Gasteiger partial charge < -0.3 is 15.4 Å². The van der Waals surface area contributed by atoms with Gasteiger partial charge in [0, 0.05) is 22.7 Å². The molecule has 1 aliphatic carbocycles. The molecule has 0 saturated carbocycles. The third-order valence-electron chi connectivity index (χ3n) is 6.28. The van der Waals surface area contributed by atoms with E-state index in [1.165, 1.54) is 24.3 Å². The Morgan fingerprint density at radius 3 is 2.53 bits per heavy atom. The van der Waals surface area contributed by atoms with Gasteiger partial charge in [0.05, 0.1) is 16.6 Å². The predicted octanol–water partition coefficient (Wildman–Crippen LogP) is 5.84. The fourth-order valence-electron chi connectivity index (χ4n) is 4.49. The van der Waals surface area contributed by atoms with Crippen molar-refractivity contribution in [2.45, 2.75) is 49.9 Å². The van der Waals surface area contributed by atoms with Gasteiger partial charge in [0.2, 0.25) is 5.56 Å². The number of aliphatic hydroxyl groups is 1. The van der Waals surface area contributed by atoms with Crippen LogP contribution in [0.3, 0.4) is 0 Å². The van der Waals surface area contributed by atoms with E-state index in [1.54, 1.807) is 32.0 Å². The van der Waals surface area contributed by atoms with Crippen molar-refractivity contribution < 1.29 is 22.7 Å². The highest BCUT2D eigenvalue weighted by Crippen LogP contribution is 2.52. The molecule has 2 atom stereocenters. The standard InChI is InChI=1S/C23H21ClF4N2O2/c1-21(2)10-11-22(32,23(26,27)28)20(13-6-8-14(24)19(25)18(13)21)30-16-5-3-4-15-12(16)7-9-17(31)29-15/h3-9,20,30,32H,10-11H2,1-2H3,(H,29,31). The quantitative estimate of drug-likeness (QED) is 0.327. The van der Waals surface area contributed by atoms with E-state index in [4.69, 9.17) is 11.6 Å². The van der Waals surface area contributed by atoms with Gasteiger partial charge in [-0.05, 0) is 48.1 Å². The lowest BCUT2D eigenvalue weighted by Crippen LogP contribution is -2.52. The van der Waals surface area contributed by atoms with Gasteiger partial charge in [-0.25, -0.2) is 4.39 Å². The number of alkyl halides is 3. The lowest BCUT2D eigenvalue weighted by molar-refractivity contribution is -0.269. The first-order chi connectivity index (χ1) is 14.8. The molecule has 170 valence electrons. The summed E-state index contributed by atoms with van der Waals surface area (Å²) < 4.78 is 58.0. The van der Waals surface area contributed by atoms with Gasteiger partial charge in [-0.15, -0.1) is 0 Å². The summed E-state index contributed by atoms with van der Waals surface area (Å²) >= 11 is 5.97. The average molecular weight is 469 g/mol. The summed E-state index contributed by atoms with van der Waals surface area (Å²) in [5, 5.41) is 14.1.